The Morgan fingerprint density at radius 2 is 2.17 bits per heavy atom. The number of hydrogen-bond acceptors (Lipinski definition) is 1. The maximum Gasteiger partial charge on any atom is 0.0652 e. The van der Waals surface area contributed by atoms with Gasteiger partial charge in [0.25, 0.3) is 0 Å². The number of benzene rings is 1. The van der Waals surface area contributed by atoms with E-state index in [0.29, 0.717) is 0 Å². The van der Waals surface area contributed by atoms with E-state index in [1.54, 1.807) is 0 Å². The van der Waals surface area contributed by atoms with Crippen LogP contribution in [-0.2, 0) is 6.42 Å². The summed E-state index contributed by atoms with van der Waals surface area (Å²) in [5, 5.41) is -0.0670. The molecule has 2 rings (SSSR count). The Balaban J connectivity index is 2.25. The highest BCUT2D eigenvalue weighted by Crippen LogP contribution is 2.32. The Hall–Kier alpha value is -0.130. The molecular weight excluding hydrogens is 424 g/mol. The average Bonchev–Trinajstić information content (AvgIpc) is 2.35. The molecule has 4 heteroatoms. The Bertz CT molecular complexity index is 559. The first-order valence-corrected chi connectivity index (χ1v) is 7.88. The highest BCUT2D eigenvalue weighted by atomic mass is 127. The van der Waals surface area contributed by atoms with E-state index in [9.17, 15) is 0 Å². The highest BCUT2D eigenvalue weighted by molar-refractivity contribution is 14.1. The first-order chi connectivity index (χ1) is 8.58. The molecule has 1 nitrogen and oxygen atoms in total. The van der Waals surface area contributed by atoms with Gasteiger partial charge in [-0.25, -0.2) is 0 Å². The maximum atomic E-state index is 6.52. The summed E-state index contributed by atoms with van der Waals surface area (Å²) in [6.45, 7) is 2.07. The lowest BCUT2D eigenvalue weighted by Crippen LogP contribution is -2.01. The van der Waals surface area contributed by atoms with Crippen LogP contribution in [0.2, 0.25) is 0 Å². The molecule has 0 saturated carbocycles. The fourth-order valence-electron chi connectivity index (χ4n) is 1.77. The molecule has 0 bridgehead atoms. The number of halogens is 3. The third-order valence-electron chi connectivity index (χ3n) is 2.79. The Morgan fingerprint density at radius 1 is 1.39 bits per heavy atom. The van der Waals surface area contributed by atoms with Gasteiger partial charge in [-0.05, 0) is 64.9 Å². The summed E-state index contributed by atoms with van der Waals surface area (Å²) >= 11 is 12.4. The number of alkyl halides is 1. The van der Waals surface area contributed by atoms with Crippen molar-refractivity contribution in [2.24, 2.45) is 0 Å². The quantitative estimate of drug-likeness (QED) is 0.471. The molecule has 18 heavy (non-hydrogen) atoms. The van der Waals surface area contributed by atoms with Crippen molar-refractivity contribution in [3.05, 3.63) is 61.4 Å². The maximum absolute atomic E-state index is 6.52. The van der Waals surface area contributed by atoms with Gasteiger partial charge in [0, 0.05) is 26.4 Å². The summed E-state index contributed by atoms with van der Waals surface area (Å²) < 4.78 is 2.24. The molecule has 0 N–H and O–H groups in total. The monoisotopic (exact) mass is 435 g/mol. The van der Waals surface area contributed by atoms with Crippen molar-refractivity contribution in [1.82, 2.24) is 4.98 Å². The molecule has 1 aromatic carbocycles. The minimum atomic E-state index is -0.0670. The summed E-state index contributed by atoms with van der Waals surface area (Å²) in [6, 6.07) is 10.2. The average molecular weight is 437 g/mol. The highest BCUT2D eigenvalue weighted by Gasteiger charge is 2.14. The van der Waals surface area contributed by atoms with Crippen LogP contribution in [0.5, 0.6) is 0 Å². The number of rotatable bonds is 3. The normalized spacial score (nSPS) is 12.4. The molecule has 0 fully saturated rings. The zero-order chi connectivity index (χ0) is 13.1. The molecule has 0 aliphatic carbocycles. The number of pyridine rings is 1. The third kappa shape index (κ3) is 3.45. The molecule has 0 aliphatic rings. The minimum absolute atomic E-state index is 0.0670. The van der Waals surface area contributed by atoms with E-state index in [1.165, 1.54) is 9.13 Å². The van der Waals surface area contributed by atoms with Crippen molar-refractivity contribution in [2.45, 2.75) is 18.7 Å². The van der Waals surface area contributed by atoms with E-state index in [1.807, 2.05) is 18.3 Å². The van der Waals surface area contributed by atoms with Crippen LogP contribution in [0.3, 0.4) is 0 Å². The molecular formula is C14H12BrClIN. The summed E-state index contributed by atoms with van der Waals surface area (Å²) in [7, 11) is 0. The molecule has 1 aromatic heterocycles. The molecule has 0 aliphatic heterocycles. The van der Waals surface area contributed by atoms with Crippen LogP contribution in [-0.4, -0.2) is 4.98 Å². The Labute approximate surface area is 134 Å². The van der Waals surface area contributed by atoms with Gasteiger partial charge in [-0.3, -0.25) is 4.98 Å². The lowest BCUT2D eigenvalue weighted by Gasteiger charge is -2.13. The Morgan fingerprint density at radius 3 is 2.89 bits per heavy atom. The van der Waals surface area contributed by atoms with E-state index in [0.717, 1.165) is 22.2 Å². The third-order valence-corrected chi connectivity index (χ3v) is 4.57. The first kappa shape index (κ1) is 14.3. The van der Waals surface area contributed by atoms with Crippen LogP contribution in [0.15, 0.2) is 41.0 Å². The van der Waals surface area contributed by atoms with Gasteiger partial charge < -0.3 is 0 Å². The van der Waals surface area contributed by atoms with Gasteiger partial charge in [0.2, 0.25) is 0 Å². The van der Waals surface area contributed by atoms with Gasteiger partial charge >= 0.3 is 0 Å². The zero-order valence-corrected chi connectivity index (χ0v) is 14.3. The molecule has 0 spiro atoms. The van der Waals surface area contributed by atoms with Crippen LogP contribution < -0.4 is 0 Å². The fraction of sp³-hybridized carbons (Fsp3) is 0.214. The van der Waals surface area contributed by atoms with Gasteiger partial charge in [0.05, 0.1) is 5.38 Å². The van der Waals surface area contributed by atoms with Crippen LogP contribution in [0, 0.1) is 10.5 Å². The summed E-state index contributed by atoms with van der Waals surface area (Å²) in [5.41, 5.74) is 3.36. The second kappa shape index (κ2) is 6.35. The number of hydrogen-bond donors (Lipinski definition) is 0. The molecule has 1 unspecified atom stereocenters. The van der Waals surface area contributed by atoms with Crippen LogP contribution in [0.25, 0.3) is 0 Å². The van der Waals surface area contributed by atoms with Gasteiger partial charge in [0.1, 0.15) is 0 Å². The van der Waals surface area contributed by atoms with Crippen molar-refractivity contribution >= 4 is 50.1 Å². The standard InChI is InChI=1S/C14H12BrClIN/c1-9-3-2-6-18-14(9)8-13(16)11-7-10(17)4-5-12(11)15/h2-7,13H,8H2,1H3. The van der Waals surface area contributed by atoms with E-state index < -0.39 is 0 Å². The van der Waals surface area contributed by atoms with Crippen molar-refractivity contribution in [3.63, 3.8) is 0 Å². The lowest BCUT2D eigenvalue weighted by molar-refractivity contribution is 0.865. The molecule has 1 heterocycles. The van der Waals surface area contributed by atoms with Crippen molar-refractivity contribution in [2.75, 3.05) is 0 Å². The smallest absolute Gasteiger partial charge is 0.0652 e. The van der Waals surface area contributed by atoms with Gasteiger partial charge in [-0.2, -0.15) is 0 Å². The topological polar surface area (TPSA) is 12.9 Å². The number of aryl methyl sites for hydroxylation is 1. The number of nitrogens with zero attached hydrogens (tertiary/aromatic N) is 1. The summed E-state index contributed by atoms with van der Waals surface area (Å²) in [5.74, 6) is 0. The molecule has 0 radical (unpaired) electrons. The Kier molecular flexibility index (Phi) is 5.04. The minimum Gasteiger partial charge on any atom is -0.261 e. The van der Waals surface area contributed by atoms with Crippen molar-refractivity contribution in [1.29, 1.82) is 0 Å². The largest absolute Gasteiger partial charge is 0.261 e. The lowest BCUT2D eigenvalue weighted by atomic mass is 10.0. The molecule has 0 saturated heterocycles. The number of aromatic nitrogens is 1. The van der Waals surface area contributed by atoms with E-state index in [-0.39, 0.29) is 5.38 Å². The fourth-order valence-corrected chi connectivity index (χ4v) is 3.26. The summed E-state index contributed by atoms with van der Waals surface area (Å²) in [6.07, 6.45) is 2.56. The molecule has 94 valence electrons. The molecule has 0 amide bonds. The predicted octanol–water partition coefficient (Wildman–Crippen LogP) is 5.28. The van der Waals surface area contributed by atoms with Crippen molar-refractivity contribution in [3.8, 4) is 0 Å². The van der Waals surface area contributed by atoms with E-state index in [4.69, 9.17) is 11.6 Å². The first-order valence-electron chi connectivity index (χ1n) is 5.57. The van der Waals surface area contributed by atoms with Gasteiger partial charge in [-0.1, -0.05) is 22.0 Å². The van der Waals surface area contributed by atoms with Crippen LogP contribution in [0.1, 0.15) is 22.2 Å². The molecule has 2 aromatic rings. The zero-order valence-electron chi connectivity index (χ0n) is 9.83. The van der Waals surface area contributed by atoms with Crippen LogP contribution >= 0.6 is 50.1 Å². The van der Waals surface area contributed by atoms with E-state index in [2.05, 4.69) is 68.6 Å². The van der Waals surface area contributed by atoms with E-state index >= 15 is 0 Å². The SMILES string of the molecule is Cc1cccnc1CC(Cl)c1cc(I)ccc1Br. The molecule has 1 atom stereocenters. The second-order valence-corrected chi connectivity index (χ2v) is 6.73. The second-order valence-electron chi connectivity index (χ2n) is 4.10. The van der Waals surface area contributed by atoms with Crippen LogP contribution in [0.4, 0.5) is 0 Å². The predicted molar refractivity (Wildman–Crippen MR) is 88.1 cm³/mol. The van der Waals surface area contributed by atoms with Gasteiger partial charge in [-0.15, -0.1) is 11.6 Å². The summed E-state index contributed by atoms with van der Waals surface area (Å²) in [4.78, 5) is 4.39. The van der Waals surface area contributed by atoms with Gasteiger partial charge in [0.15, 0.2) is 0 Å². The van der Waals surface area contributed by atoms with Crippen molar-refractivity contribution < 1.29 is 0 Å².